The van der Waals surface area contributed by atoms with Crippen molar-refractivity contribution in [2.45, 2.75) is 6.10 Å². The van der Waals surface area contributed by atoms with E-state index in [1.807, 2.05) is 0 Å². The number of aliphatic hydroxyl groups excluding tert-OH is 1. The van der Waals surface area contributed by atoms with Gasteiger partial charge in [-0.3, -0.25) is 0 Å². The third-order valence-electron chi connectivity index (χ3n) is 1.96. The first-order chi connectivity index (χ1) is 8.70. The third kappa shape index (κ3) is 2.61. The van der Waals surface area contributed by atoms with Gasteiger partial charge in [0.15, 0.2) is 6.10 Å². The van der Waals surface area contributed by atoms with Crippen molar-refractivity contribution in [1.82, 2.24) is 15.1 Å². The molecule has 0 fully saturated rings. The van der Waals surface area contributed by atoms with Crippen molar-refractivity contribution in [2.24, 2.45) is 0 Å². The molecular weight excluding hydrogens is 241 g/mol. The maximum absolute atomic E-state index is 13.0. The van der Waals surface area contributed by atoms with E-state index < -0.39 is 11.9 Å². The van der Waals surface area contributed by atoms with E-state index in [2.05, 4.69) is 36.2 Å². The Morgan fingerprint density at radius 2 is 2.39 bits per heavy atom. The van der Waals surface area contributed by atoms with Crippen LogP contribution in [0.1, 0.15) is 17.6 Å². The van der Waals surface area contributed by atoms with Crippen LogP contribution in [0.5, 0.6) is 5.88 Å². The summed E-state index contributed by atoms with van der Waals surface area (Å²) in [5, 5.41) is 13.1. The lowest BCUT2D eigenvalue weighted by Crippen LogP contribution is -1.98. The van der Waals surface area contributed by atoms with Crippen LogP contribution in [0.2, 0.25) is 0 Å². The Hall–Kier alpha value is -2.46. The van der Waals surface area contributed by atoms with Crippen LogP contribution in [0.15, 0.2) is 23.0 Å². The van der Waals surface area contributed by atoms with Crippen LogP contribution in [0.4, 0.5) is 4.39 Å². The van der Waals surface area contributed by atoms with E-state index in [4.69, 9.17) is 0 Å². The van der Waals surface area contributed by atoms with E-state index in [1.54, 1.807) is 0 Å². The molecule has 92 valence electrons. The van der Waals surface area contributed by atoms with Gasteiger partial charge in [-0.05, 0) is 5.92 Å². The number of aliphatic hydroxyl groups is 1. The predicted octanol–water partition coefficient (Wildman–Crippen LogP) is 0.697. The number of ether oxygens (including phenoxy) is 1. The summed E-state index contributed by atoms with van der Waals surface area (Å²) in [6.45, 7) is 0. The number of methoxy groups -OCH3 is 1. The number of rotatable bonds is 2. The molecule has 0 aromatic carbocycles. The Kier molecular flexibility index (Phi) is 3.50. The first-order valence-electron chi connectivity index (χ1n) is 4.87. The van der Waals surface area contributed by atoms with Crippen molar-refractivity contribution in [3.63, 3.8) is 0 Å². The minimum absolute atomic E-state index is 0.0378. The molecule has 0 saturated carbocycles. The monoisotopic (exact) mass is 249 g/mol. The lowest BCUT2D eigenvalue weighted by molar-refractivity contribution is 0.225. The smallest absolute Gasteiger partial charge is 0.254 e. The number of nitrogens with zero attached hydrogens (tertiary/aromatic N) is 3. The molecule has 2 aromatic heterocycles. The van der Waals surface area contributed by atoms with Crippen LogP contribution in [0.3, 0.4) is 0 Å². The molecule has 0 bridgehead atoms. The van der Waals surface area contributed by atoms with Crippen LogP contribution >= 0.6 is 0 Å². The molecule has 18 heavy (non-hydrogen) atoms. The molecule has 0 saturated heterocycles. The van der Waals surface area contributed by atoms with Gasteiger partial charge in [0.2, 0.25) is 11.6 Å². The number of halogens is 1. The van der Waals surface area contributed by atoms with E-state index in [9.17, 15) is 9.50 Å². The summed E-state index contributed by atoms with van der Waals surface area (Å²) in [5.74, 6) is 4.09. The normalized spacial score (nSPS) is 11.5. The summed E-state index contributed by atoms with van der Waals surface area (Å²) in [6.07, 6.45) is 1.14. The molecule has 0 aliphatic heterocycles. The summed E-state index contributed by atoms with van der Waals surface area (Å²) < 4.78 is 22.3. The molecule has 1 unspecified atom stereocenters. The Labute approximate surface area is 101 Å². The van der Waals surface area contributed by atoms with Crippen molar-refractivity contribution >= 4 is 0 Å². The molecule has 0 aliphatic carbocycles. The molecule has 1 N–H and O–H groups in total. The Morgan fingerprint density at radius 3 is 3.06 bits per heavy atom. The van der Waals surface area contributed by atoms with Crippen LogP contribution in [0, 0.1) is 17.7 Å². The lowest BCUT2D eigenvalue weighted by Gasteiger charge is -1.99. The fourth-order valence-corrected chi connectivity index (χ4v) is 1.12. The molecule has 2 rings (SSSR count). The van der Waals surface area contributed by atoms with Crippen molar-refractivity contribution in [2.75, 3.05) is 7.11 Å². The molecule has 0 aliphatic rings. The highest BCUT2D eigenvalue weighted by Crippen LogP contribution is 2.11. The minimum Gasteiger partial charge on any atom is -0.479 e. The maximum atomic E-state index is 13.0. The summed E-state index contributed by atoms with van der Waals surface area (Å²) in [7, 11) is 1.28. The van der Waals surface area contributed by atoms with Crippen LogP contribution < -0.4 is 4.74 Å². The highest BCUT2D eigenvalue weighted by Gasteiger charge is 2.08. The van der Waals surface area contributed by atoms with Crippen LogP contribution in [-0.2, 0) is 0 Å². The molecule has 7 heteroatoms. The molecule has 0 spiro atoms. The van der Waals surface area contributed by atoms with Gasteiger partial charge in [-0.25, -0.2) is 4.98 Å². The van der Waals surface area contributed by atoms with E-state index in [-0.39, 0.29) is 17.4 Å². The summed E-state index contributed by atoms with van der Waals surface area (Å²) >= 11 is 0. The van der Waals surface area contributed by atoms with Gasteiger partial charge < -0.3 is 14.4 Å². The second-order valence-corrected chi connectivity index (χ2v) is 3.15. The van der Waals surface area contributed by atoms with Crippen molar-refractivity contribution < 1.29 is 18.8 Å². The third-order valence-corrected chi connectivity index (χ3v) is 1.96. The van der Waals surface area contributed by atoms with E-state index >= 15 is 0 Å². The van der Waals surface area contributed by atoms with Crippen LogP contribution in [-0.4, -0.2) is 27.3 Å². The van der Waals surface area contributed by atoms with Gasteiger partial charge in [0.25, 0.3) is 5.88 Å². The molecular formula is C11H8FN3O3. The lowest BCUT2D eigenvalue weighted by atomic mass is 10.2. The number of hydrogen-bond acceptors (Lipinski definition) is 6. The molecule has 2 heterocycles. The Morgan fingerprint density at radius 1 is 1.56 bits per heavy atom. The van der Waals surface area contributed by atoms with Gasteiger partial charge in [0.1, 0.15) is 12.0 Å². The number of aromatic nitrogens is 3. The standard InChI is InChI=1S/C11H8FN3O3/c1-17-11-7(12)6-13-10(14-11)3-2-9(16)8-4-5-18-15-8/h4-6,9,16H,1H3. The van der Waals surface area contributed by atoms with Crippen molar-refractivity contribution in [3.8, 4) is 17.7 Å². The maximum Gasteiger partial charge on any atom is 0.254 e. The van der Waals surface area contributed by atoms with Gasteiger partial charge in [-0.1, -0.05) is 11.1 Å². The second-order valence-electron chi connectivity index (χ2n) is 3.15. The largest absolute Gasteiger partial charge is 0.479 e. The average molecular weight is 249 g/mol. The first kappa shape index (κ1) is 12.0. The van der Waals surface area contributed by atoms with Gasteiger partial charge >= 0.3 is 0 Å². The highest BCUT2D eigenvalue weighted by atomic mass is 19.1. The second kappa shape index (κ2) is 5.25. The molecule has 2 aromatic rings. The van der Waals surface area contributed by atoms with Crippen LogP contribution in [0.25, 0.3) is 0 Å². The van der Waals surface area contributed by atoms with E-state index in [0.29, 0.717) is 0 Å². The zero-order valence-corrected chi connectivity index (χ0v) is 9.29. The van der Waals surface area contributed by atoms with Gasteiger partial charge in [-0.2, -0.15) is 9.37 Å². The fraction of sp³-hybridized carbons (Fsp3) is 0.182. The minimum atomic E-state index is -1.12. The van der Waals surface area contributed by atoms with Gasteiger partial charge in [0, 0.05) is 6.07 Å². The SMILES string of the molecule is COc1nc(C#CC(O)c2ccon2)ncc1F. The molecule has 0 amide bonds. The van der Waals surface area contributed by atoms with Crippen molar-refractivity contribution in [3.05, 3.63) is 35.9 Å². The van der Waals surface area contributed by atoms with Crippen molar-refractivity contribution in [1.29, 1.82) is 0 Å². The molecule has 6 nitrogen and oxygen atoms in total. The van der Waals surface area contributed by atoms with E-state index in [0.717, 1.165) is 6.20 Å². The number of hydrogen-bond donors (Lipinski definition) is 1. The van der Waals surface area contributed by atoms with E-state index in [1.165, 1.54) is 19.4 Å². The molecule has 1 atom stereocenters. The highest BCUT2D eigenvalue weighted by molar-refractivity contribution is 5.27. The van der Waals surface area contributed by atoms with Gasteiger partial charge in [-0.15, -0.1) is 0 Å². The fourth-order valence-electron chi connectivity index (χ4n) is 1.12. The summed E-state index contributed by atoms with van der Waals surface area (Å²) in [6, 6.07) is 1.48. The zero-order chi connectivity index (χ0) is 13.0. The topological polar surface area (TPSA) is 81.3 Å². The molecule has 0 radical (unpaired) electrons. The summed E-state index contributed by atoms with van der Waals surface area (Å²) in [4.78, 5) is 7.35. The summed E-state index contributed by atoms with van der Waals surface area (Å²) in [5.41, 5.74) is 0.275. The Balaban J connectivity index is 2.19. The first-order valence-corrected chi connectivity index (χ1v) is 4.87. The zero-order valence-electron chi connectivity index (χ0n) is 9.29. The quantitative estimate of drug-likeness (QED) is 0.789. The Bertz CT molecular complexity index is 589. The van der Waals surface area contributed by atoms with Gasteiger partial charge in [0.05, 0.1) is 13.3 Å². The predicted molar refractivity (Wildman–Crippen MR) is 56.9 cm³/mol. The average Bonchev–Trinajstić information content (AvgIpc) is 2.91.